The minimum absolute atomic E-state index is 0.328. The molecule has 0 aliphatic heterocycles. The van der Waals surface area contributed by atoms with Crippen LogP contribution in [0.15, 0.2) is 40.9 Å². The number of methoxy groups -OCH3 is 1. The Morgan fingerprint density at radius 1 is 1.10 bits per heavy atom. The van der Waals surface area contributed by atoms with Crippen molar-refractivity contribution >= 4 is 15.9 Å². The Labute approximate surface area is 124 Å². The van der Waals surface area contributed by atoms with Gasteiger partial charge < -0.3 is 10.1 Å². The highest BCUT2D eigenvalue weighted by molar-refractivity contribution is 9.10. The molecule has 1 atom stereocenters. The van der Waals surface area contributed by atoms with Crippen molar-refractivity contribution in [1.82, 2.24) is 5.32 Å². The summed E-state index contributed by atoms with van der Waals surface area (Å²) in [4.78, 5) is 0. The van der Waals surface area contributed by atoms with Crippen LogP contribution in [0.1, 0.15) is 17.2 Å². The maximum atomic E-state index is 14.2. The molecule has 0 aromatic heterocycles. The molecule has 0 spiro atoms. The van der Waals surface area contributed by atoms with Gasteiger partial charge in [0, 0.05) is 11.6 Å². The molecule has 0 amide bonds. The summed E-state index contributed by atoms with van der Waals surface area (Å²) in [5, 5.41) is 3.00. The molecule has 2 nitrogen and oxygen atoms in total. The summed E-state index contributed by atoms with van der Waals surface area (Å²) in [5.41, 5.74) is 1.07. The lowest BCUT2D eigenvalue weighted by Gasteiger charge is -2.20. The predicted octanol–water partition coefficient (Wildman–Crippen LogP) is 4.04. The SMILES string of the molecule is CNC(c1ccc(OC)cc1F)c1cccc(F)c1Br. The minimum Gasteiger partial charge on any atom is -0.497 e. The van der Waals surface area contributed by atoms with Gasteiger partial charge in [-0.1, -0.05) is 18.2 Å². The summed E-state index contributed by atoms with van der Waals surface area (Å²) in [6, 6.07) is 8.87. The molecule has 20 heavy (non-hydrogen) atoms. The molecule has 0 heterocycles. The lowest BCUT2D eigenvalue weighted by molar-refractivity contribution is 0.410. The Balaban J connectivity index is 2.50. The van der Waals surface area contributed by atoms with Gasteiger partial charge in [0.1, 0.15) is 17.4 Å². The quantitative estimate of drug-likeness (QED) is 0.905. The van der Waals surface area contributed by atoms with Crippen LogP contribution in [-0.4, -0.2) is 14.2 Å². The first-order valence-corrected chi connectivity index (χ1v) is 6.82. The Hall–Kier alpha value is -1.46. The largest absolute Gasteiger partial charge is 0.497 e. The molecule has 1 unspecified atom stereocenters. The molecule has 0 aliphatic rings. The van der Waals surface area contributed by atoms with E-state index >= 15 is 0 Å². The third kappa shape index (κ3) is 2.83. The monoisotopic (exact) mass is 341 g/mol. The third-order valence-corrected chi connectivity index (χ3v) is 3.94. The zero-order valence-electron chi connectivity index (χ0n) is 11.1. The second kappa shape index (κ2) is 6.33. The van der Waals surface area contributed by atoms with Crippen molar-refractivity contribution in [3.8, 4) is 5.75 Å². The standard InChI is InChI=1S/C15H14BrF2NO/c1-19-15(11-4-3-5-12(17)14(11)16)10-7-6-9(20-2)8-13(10)18/h3-8,15,19H,1-2H3. The molecule has 106 valence electrons. The summed E-state index contributed by atoms with van der Waals surface area (Å²) in [6.45, 7) is 0. The Morgan fingerprint density at radius 3 is 2.45 bits per heavy atom. The van der Waals surface area contributed by atoms with Crippen LogP contribution in [0.25, 0.3) is 0 Å². The molecule has 2 rings (SSSR count). The van der Waals surface area contributed by atoms with Gasteiger partial charge in [-0.05, 0) is 40.7 Å². The van der Waals surface area contributed by atoms with Gasteiger partial charge in [0.05, 0.1) is 17.6 Å². The van der Waals surface area contributed by atoms with E-state index in [2.05, 4.69) is 21.2 Å². The summed E-state index contributed by atoms with van der Waals surface area (Å²) >= 11 is 3.21. The van der Waals surface area contributed by atoms with Crippen molar-refractivity contribution in [2.24, 2.45) is 0 Å². The third-order valence-electron chi connectivity index (χ3n) is 3.10. The molecule has 0 bridgehead atoms. The number of nitrogens with one attached hydrogen (secondary N) is 1. The van der Waals surface area contributed by atoms with E-state index in [4.69, 9.17) is 4.74 Å². The van der Waals surface area contributed by atoms with Gasteiger partial charge in [-0.3, -0.25) is 0 Å². The van der Waals surface area contributed by atoms with E-state index in [9.17, 15) is 8.78 Å². The van der Waals surface area contributed by atoms with Crippen molar-refractivity contribution in [3.63, 3.8) is 0 Å². The van der Waals surface area contributed by atoms with Crippen LogP contribution in [-0.2, 0) is 0 Å². The predicted molar refractivity (Wildman–Crippen MR) is 78.0 cm³/mol. The van der Waals surface area contributed by atoms with Gasteiger partial charge in [0.25, 0.3) is 0 Å². The van der Waals surface area contributed by atoms with Crippen LogP contribution in [0, 0.1) is 11.6 Å². The van der Waals surface area contributed by atoms with E-state index in [1.165, 1.54) is 19.2 Å². The molecule has 1 N–H and O–H groups in total. The smallest absolute Gasteiger partial charge is 0.137 e. The van der Waals surface area contributed by atoms with Crippen molar-refractivity contribution in [1.29, 1.82) is 0 Å². The average molecular weight is 342 g/mol. The van der Waals surface area contributed by atoms with Crippen molar-refractivity contribution in [2.45, 2.75) is 6.04 Å². The summed E-state index contributed by atoms with van der Waals surface area (Å²) in [7, 11) is 3.18. The molecule has 2 aromatic carbocycles. The van der Waals surface area contributed by atoms with E-state index in [1.807, 2.05) is 0 Å². The maximum Gasteiger partial charge on any atom is 0.137 e. The molecular formula is C15H14BrF2NO. The number of hydrogen-bond donors (Lipinski definition) is 1. The molecule has 0 saturated heterocycles. The molecule has 5 heteroatoms. The molecule has 0 fully saturated rings. The first kappa shape index (κ1) is 14.9. The lowest BCUT2D eigenvalue weighted by Crippen LogP contribution is -2.19. The van der Waals surface area contributed by atoms with Crippen LogP contribution in [0.2, 0.25) is 0 Å². The lowest BCUT2D eigenvalue weighted by atomic mass is 9.98. The van der Waals surface area contributed by atoms with Crippen LogP contribution in [0.5, 0.6) is 5.75 Å². The van der Waals surface area contributed by atoms with Gasteiger partial charge in [-0.15, -0.1) is 0 Å². The molecule has 0 saturated carbocycles. The maximum absolute atomic E-state index is 14.2. The number of ether oxygens (including phenoxy) is 1. The van der Waals surface area contributed by atoms with Crippen molar-refractivity contribution < 1.29 is 13.5 Å². The van der Waals surface area contributed by atoms with Gasteiger partial charge in [-0.25, -0.2) is 8.78 Å². The molecule has 2 aromatic rings. The summed E-state index contributed by atoms with van der Waals surface area (Å²) < 4.78 is 33.1. The van der Waals surface area contributed by atoms with Crippen LogP contribution in [0.4, 0.5) is 8.78 Å². The van der Waals surface area contributed by atoms with Crippen LogP contribution in [0.3, 0.4) is 0 Å². The highest BCUT2D eigenvalue weighted by Crippen LogP contribution is 2.32. The number of halogens is 3. The van der Waals surface area contributed by atoms with Crippen LogP contribution < -0.4 is 10.1 Å². The first-order chi connectivity index (χ1) is 9.58. The van der Waals surface area contributed by atoms with Gasteiger partial charge in [0.15, 0.2) is 0 Å². The van der Waals surface area contributed by atoms with Gasteiger partial charge >= 0.3 is 0 Å². The number of hydrogen-bond acceptors (Lipinski definition) is 2. The summed E-state index contributed by atoms with van der Waals surface area (Å²) in [5.74, 6) is -0.337. The van der Waals surface area contributed by atoms with Gasteiger partial charge in [0.2, 0.25) is 0 Å². The van der Waals surface area contributed by atoms with Gasteiger partial charge in [-0.2, -0.15) is 0 Å². The van der Waals surface area contributed by atoms with Crippen LogP contribution >= 0.6 is 15.9 Å². The zero-order valence-corrected chi connectivity index (χ0v) is 12.7. The molecule has 0 radical (unpaired) electrons. The highest BCUT2D eigenvalue weighted by atomic mass is 79.9. The topological polar surface area (TPSA) is 21.3 Å². The minimum atomic E-state index is -0.453. The van der Waals surface area contributed by atoms with E-state index < -0.39 is 11.9 Å². The first-order valence-electron chi connectivity index (χ1n) is 6.03. The fourth-order valence-electron chi connectivity index (χ4n) is 2.09. The Kier molecular flexibility index (Phi) is 4.73. The molecular weight excluding hydrogens is 328 g/mol. The van der Waals surface area contributed by atoms with E-state index in [-0.39, 0.29) is 5.82 Å². The zero-order chi connectivity index (χ0) is 14.7. The Bertz CT molecular complexity index is 619. The second-order valence-corrected chi connectivity index (χ2v) is 5.05. The fourth-order valence-corrected chi connectivity index (χ4v) is 2.58. The van der Waals surface area contributed by atoms with Crippen molar-refractivity contribution in [3.05, 3.63) is 63.6 Å². The molecule has 0 aliphatic carbocycles. The summed E-state index contributed by atoms with van der Waals surface area (Å²) in [6.07, 6.45) is 0. The number of benzene rings is 2. The van der Waals surface area contributed by atoms with E-state index in [1.54, 1.807) is 31.3 Å². The second-order valence-electron chi connectivity index (χ2n) is 4.25. The van der Waals surface area contributed by atoms with E-state index in [0.29, 0.717) is 21.3 Å². The average Bonchev–Trinajstić information content (AvgIpc) is 2.45. The normalized spacial score (nSPS) is 12.2. The van der Waals surface area contributed by atoms with E-state index in [0.717, 1.165) is 0 Å². The van der Waals surface area contributed by atoms with Crippen molar-refractivity contribution in [2.75, 3.05) is 14.2 Å². The number of rotatable bonds is 4. The fraction of sp³-hybridized carbons (Fsp3) is 0.200. The Morgan fingerprint density at radius 2 is 1.85 bits per heavy atom. The highest BCUT2D eigenvalue weighted by Gasteiger charge is 2.20.